The maximum absolute atomic E-state index is 12.3. The number of likely N-dealkylation sites (tertiary alicyclic amines) is 2. The van der Waals surface area contributed by atoms with E-state index in [0.29, 0.717) is 35.0 Å². The second-order valence-corrected chi connectivity index (χ2v) is 16.3. The molecule has 9 heteroatoms. The number of nitrogens with zero attached hydrogens (tertiary/aromatic N) is 3. The van der Waals surface area contributed by atoms with Gasteiger partial charge >= 0.3 is 5.97 Å². The highest BCUT2D eigenvalue weighted by molar-refractivity contribution is 7.90. The Kier molecular flexibility index (Phi) is 9.06. The first kappa shape index (κ1) is 30.4. The molecule has 3 aliphatic rings. The van der Waals surface area contributed by atoms with Gasteiger partial charge in [0.05, 0.1) is 9.90 Å². The van der Waals surface area contributed by atoms with Crippen LogP contribution in [0.15, 0.2) is 59.6 Å². The van der Waals surface area contributed by atoms with Crippen LogP contribution in [0, 0.1) is 18.8 Å². The third-order valence-electron chi connectivity index (χ3n) is 9.68. The van der Waals surface area contributed by atoms with Crippen molar-refractivity contribution in [2.24, 2.45) is 11.8 Å². The van der Waals surface area contributed by atoms with E-state index in [-0.39, 0.29) is 6.04 Å². The van der Waals surface area contributed by atoms with Crippen molar-refractivity contribution in [1.82, 2.24) is 14.8 Å². The molecule has 0 spiro atoms. The summed E-state index contributed by atoms with van der Waals surface area (Å²) in [4.78, 5) is 23.6. The molecule has 0 bridgehead atoms. The Bertz CT molecular complexity index is 1520. The normalized spacial score (nSPS) is 23.0. The number of aromatic nitrogens is 1. The standard InChI is InChI=1S/C34H43N3O4S2/c1-23-4-3-5-27(16-23)30-22-37(31(34(38)39)17-24-6-7-24)21-28(30)20-36-14-12-26(13-15-36)32-19-35-33(42-32)18-25-8-10-29(11-9-25)43(2,40)41/h3-5,8-11,16,19,24,26,28,30-31H,6-7,12-15,17-18,20-22H2,1-2H3,(H,38,39). The molecule has 2 aliphatic heterocycles. The Morgan fingerprint density at radius 3 is 2.47 bits per heavy atom. The number of rotatable bonds is 11. The van der Waals surface area contributed by atoms with Crippen molar-refractivity contribution in [2.45, 2.75) is 68.2 Å². The van der Waals surface area contributed by atoms with Gasteiger partial charge in [-0.25, -0.2) is 13.4 Å². The average molecular weight is 622 g/mol. The van der Waals surface area contributed by atoms with Gasteiger partial charge in [-0.1, -0.05) is 54.8 Å². The van der Waals surface area contributed by atoms with Gasteiger partial charge in [0.1, 0.15) is 6.04 Å². The predicted molar refractivity (Wildman–Crippen MR) is 171 cm³/mol. The Labute approximate surface area is 259 Å². The van der Waals surface area contributed by atoms with E-state index in [1.54, 1.807) is 23.5 Å². The zero-order valence-electron chi connectivity index (χ0n) is 25.2. The molecule has 0 amide bonds. The van der Waals surface area contributed by atoms with Crippen LogP contribution in [0.25, 0.3) is 0 Å². The highest BCUT2D eigenvalue weighted by Gasteiger charge is 2.42. The molecule has 230 valence electrons. The van der Waals surface area contributed by atoms with Crippen molar-refractivity contribution in [1.29, 1.82) is 0 Å². The molecule has 3 fully saturated rings. The summed E-state index contributed by atoms with van der Waals surface area (Å²) in [6.07, 6.45) is 9.34. The highest BCUT2D eigenvalue weighted by atomic mass is 32.2. The summed E-state index contributed by atoms with van der Waals surface area (Å²) < 4.78 is 23.5. The second kappa shape index (κ2) is 12.8. The van der Waals surface area contributed by atoms with Crippen LogP contribution in [0.1, 0.15) is 70.5 Å². The third kappa shape index (κ3) is 7.56. The van der Waals surface area contributed by atoms with Crippen molar-refractivity contribution in [3.63, 3.8) is 0 Å². The van der Waals surface area contributed by atoms with E-state index in [1.807, 2.05) is 18.3 Å². The fraction of sp³-hybridized carbons (Fsp3) is 0.529. The number of sulfone groups is 1. The van der Waals surface area contributed by atoms with Gasteiger partial charge in [-0.3, -0.25) is 9.69 Å². The number of carbonyl (C=O) groups is 1. The number of aryl methyl sites for hydroxylation is 1. The van der Waals surface area contributed by atoms with E-state index in [9.17, 15) is 18.3 Å². The van der Waals surface area contributed by atoms with Crippen molar-refractivity contribution in [3.05, 3.63) is 81.3 Å². The summed E-state index contributed by atoms with van der Waals surface area (Å²) in [6, 6.07) is 15.6. The first-order valence-corrected chi connectivity index (χ1v) is 18.3. The third-order valence-corrected chi connectivity index (χ3v) is 12.0. The number of hydrogen-bond donors (Lipinski definition) is 1. The van der Waals surface area contributed by atoms with Crippen LogP contribution >= 0.6 is 11.3 Å². The Morgan fingerprint density at radius 2 is 1.81 bits per heavy atom. The molecule has 1 N–H and O–H groups in total. The molecule has 6 rings (SSSR count). The second-order valence-electron chi connectivity index (χ2n) is 13.1. The monoisotopic (exact) mass is 621 g/mol. The largest absolute Gasteiger partial charge is 0.480 e. The summed E-state index contributed by atoms with van der Waals surface area (Å²) in [5.74, 6) is 1.21. The van der Waals surface area contributed by atoms with Gasteiger partial charge in [0, 0.05) is 49.3 Å². The first-order chi connectivity index (χ1) is 20.6. The molecule has 43 heavy (non-hydrogen) atoms. The molecule has 1 saturated carbocycles. The van der Waals surface area contributed by atoms with Gasteiger partial charge in [0.25, 0.3) is 0 Å². The number of aliphatic carboxylic acids is 1. The van der Waals surface area contributed by atoms with Crippen molar-refractivity contribution < 1.29 is 18.3 Å². The quantitative estimate of drug-likeness (QED) is 0.298. The van der Waals surface area contributed by atoms with Crippen LogP contribution < -0.4 is 0 Å². The molecule has 3 atom stereocenters. The molecule has 7 nitrogen and oxygen atoms in total. The first-order valence-electron chi connectivity index (χ1n) is 15.6. The Balaban J connectivity index is 1.07. The smallest absolute Gasteiger partial charge is 0.320 e. The zero-order chi connectivity index (χ0) is 30.1. The number of piperidine rings is 1. The van der Waals surface area contributed by atoms with E-state index in [4.69, 9.17) is 4.98 Å². The zero-order valence-corrected chi connectivity index (χ0v) is 26.8. The van der Waals surface area contributed by atoms with E-state index in [0.717, 1.165) is 62.6 Å². The minimum atomic E-state index is -3.19. The van der Waals surface area contributed by atoms with Crippen LogP contribution in [0.5, 0.6) is 0 Å². The van der Waals surface area contributed by atoms with Gasteiger partial charge in [0.15, 0.2) is 9.84 Å². The van der Waals surface area contributed by atoms with Crippen LogP contribution in [0.3, 0.4) is 0 Å². The Hall–Kier alpha value is -2.59. The molecule has 3 aromatic rings. The number of benzene rings is 2. The predicted octanol–water partition coefficient (Wildman–Crippen LogP) is 5.59. The average Bonchev–Trinajstić information content (AvgIpc) is 3.52. The van der Waals surface area contributed by atoms with Gasteiger partial charge < -0.3 is 10.0 Å². The SMILES string of the molecule is Cc1cccc(C2CN(C(CC3CC3)C(=O)O)CC2CN2CCC(c3cnc(Cc4ccc(S(C)(=O)=O)cc4)s3)CC2)c1. The molecular formula is C34H43N3O4S2. The van der Waals surface area contributed by atoms with Gasteiger partial charge in [-0.15, -0.1) is 11.3 Å². The summed E-state index contributed by atoms with van der Waals surface area (Å²) in [5, 5.41) is 11.2. The lowest BCUT2D eigenvalue weighted by Gasteiger charge is -2.34. The molecule has 0 radical (unpaired) electrons. The van der Waals surface area contributed by atoms with Crippen LogP contribution in [-0.2, 0) is 21.1 Å². The van der Waals surface area contributed by atoms with E-state index in [2.05, 4.69) is 41.0 Å². The summed E-state index contributed by atoms with van der Waals surface area (Å²) in [7, 11) is -3.19. The van der Waals surface area contributed by atoms with Gasteiger partial charge in [0.2, 0.25) is 0 Å². The lowest BCUT2D eigenvalue weighted by Crippen LogP contribution is -2.41. The fourth-order valence-electron chi connectivity index (χ4n) is 7.05. The molecule has 1 aliphatic carbocycles. The van der Waals surface area contributed by atoms with Crippen molar-refractivity contribution in [3.8, 4) is 0 Å². The lowest BCUT2D eigenvalue weighted by molar-refractivity contribution is -0.143. The van der Waals surface area contributed by atoms with Crippen LogP contribution in [0.4, 0.5) is 0 Å². The highest BCUT2D eigenvalue weighted by Crippen LogP contribution is 2.40. The van der Waals surface area contributed by atoms with Crippen molar-refractivity contribution >= 4 is 27.1 Å². The maximum Gasteiger partial charge on any atom is 0.320 e. The topological polar surface area (TPSA) is 90.8 Å². The summed E-state index contributed by atoms with van der Waals surface area (Å²) in [5.41, 5.74) is 3.68. The van der Waals surface area contributed by atoms with E-state index < -0.39 is 15.8 Å². The Morgan fingerprint density at radius 1 is 1.07 bits per heavy atom. The van der Waals surface area contributed by atoms with Crippen molar-refractivity contribution in [2.75, 3.05) is 39.0 Å². The molecule has 3 heterocycles. The molecular weight excluding hydrogens is 579 g/mol. The maximum atomic E-state index is 12.3. The molecule has 2 saturated heterocycles. The van der Waals surface area contributed by atoms with Crippen LogP contribution in [-0.4, -0.2) is 79.3 Å². The molecule has 3 unspecified atom stereocenters. The molecule has 2 aromatic carbocycles. The lowest BCUT2D eigenvalue weighted by atomic mass is 9.87. The number of carboxylic acids is 1. The summed E-state index contributed by atoms with van der Waals surface area (Å²) >= 11 is 1.78. The number of hydrogen-bond acceptors (Lipinski definition) is 7. The van der Waals surface area contributed by atoms with Crippen LogP contribution in [0.2, 0.25) is 0 Å². The molecule has 1 aromatic heterocycles. The van der Waals surface area contributed by atoms with E-state index in [1.165, 1.54) is 35.1 Å². The van der Waals surface area contributed by atoms with Gasteiger partial charge in [-0.05, 0) is 80.3 Å². The van der Waals surface area contributed by atoms with Gasteiger partial charge in [-0.2, -0.15) is 0 Å². The minimum absolute atomic E-state index is 0.346. The minimum Gasteiger partial charge on any atom is -0.480 e. The van der Waals surface area contributed by atoms with E-state index >= 15 is 0 Å². The number of carboxylic acid groups (broad SMARTS) is 1. The summed E-state index contributed by atoms with van der Waals surface area (Å²) in [6.45, 7) is 6.93. The number of thiazole rings is 1. The fourth-order valence-corrected chi connectivity index (χ4v) is 8.81.